The van der Waals surface area contributed by atoms with Crippen molar-refractivity contribution in [2.75, 3.05) is 0 Å². The highest BCUT2D eigenvalue weighted by Gasteiger charge is 2.31. The van der Waals surface area contributed by atoms with Gasteiger partial charge in [-0.1, -0.05) is 0 Å². The van der Waals surface area contributed by atoms with E-state index in [0.717, 1.165) is 0 Å². The van der Waals surface area contributed by atoms with Gasteiger partial charge in [-0.2, -0.15) is 5.26 Å². The second-order valence-corrected chi connectivity index (χ2v) is 5.58. The van der Waals surface area contributed by atoms with Gasteiger partial charge in [0.05, 0.1) is 16.2 Å². The molecule has 0 amide bonds. The highest BCUT2D eigenvalue weighted by atomic mass is 32.3. The predicted molar refractivity (Wildman–Crippen MR) is 58.5 cm³/mol. The first-order chi connectivity index (χ1) is 6.98. The molecule has 4 nitrogen and oxygen atoms in total. The maximum Gasteiger partial charge on any atom is 0.101 e. The molecule has 0 spiro atoms. The van der Waals surface area contributed by atoms with Crippen LogP contribution >= 0.6 is 10.6 Å². The Morgan fingerprint density at radius 3 is 2.67 bits per heavy atom. The van der Waals surface area contributed by atoms with Crippen LogP contribution in [-0.4, -0.2) is 14.1 Å². The van der Waals surface area contributed by atoms with E-state index < -0.39 is 10.6 Å². The third kappa shape index (κ3) is 1.27. The summed E-state index contributed by atoms with van der Waals surface area (Å²) in [5.74, 6) is 0. The molecule has 2 N–H and O–H groups in total. The Labute approximate surface area is 89.2 Å². The maximum atomic E-state index is 9.94. The summed E-state index contributed by atoms with van der Waals surface area (Å²) in [5, 5.41) is 8.82. The Bertz CT molecular complexity index is 515. The van der Waals surface area contributed by atoms with Crippen LogP contribution in [0, 0.1) is 18.3 Å². The first-order valence-electron chi connectivity index (χ1n) is 4.34. The van der Waals surface area contributed by atoms with E-state index in [2.05, 4.69) is 4.98 Å². The van der Waals surface area contributed by atoms with Crippen LogP contribution in [0.1, 0.15) is 23.7 Å². The summed E-state index contributed by atoms with van der Waals surface area (Å²) in [6, 6.07) is 1.98. The van der Waals surface area contributed by atoms with Gasteiger partial charge in [0.2, 0.25) is 0 Å². The molecule has 0 bridgehead atoms. The van der Waals surface area contributed by atoms with Crippen molar-refractivity contribution in [1.82, 2.24) is 4.98 Å². The molecular formula is C10H10N2O2S. The highest BCUT2D eigenvalue weighted by Crippen LogP contribution is 2.62. The van der Waals surface area contributed by atoms with Crippen molar-refractivity contribution in [3.63, 3.8) is 0 Å². The molecule has 1 aromatic rings. The second kappa shape index (κ2) is 3.07. The fraction of sp³-hybridized carbons (Fsp3) is 0.200. The molecule has 2 heterocycles. The average molecular weight is 222 g/mol. The minimum absolute atomic E-state index is 0.386. The van der Waals surface area contributed by atoms with E-state index in [-0.39, 0.29) is 0 Å². The molecule has 78 valence electrons. The van der Waals surface area contributed by atoms with Gasteiger partial charge in [-0.15, -0.1) is 10.6 Å². The Kier molecular flexibility index (Phi) is 2.08. The first-order valence-corrected chi connectivity index (χ1v) is 5.89. The predicted octanol–water partition coefficient (Wildman–Crippen LogP) is 2.75. The van der Waals surface area contributed by atoms with Gasteiger partial charge >= 0.3 is 0 Å². The van der Waals surface area contributed by atoms with Gasteiger partial charge in [-0.05, 0) is 25.5 Å². The van der Waals surface area contributed by atoms with Crippen LogP contribution in [0.5, 0.6) is 0 Å². The zero-order valence-corrected chi connectivity index (χ0v) is 9.17. The number of hydrogen-bond acceptors (Lipinski definition) is 4. The van der Waals surface area contributed by atoms with Crippen LogP contribution in [-0.2, 0) is 0 Å². The highest BCUT2D eigenvalue weighted by molar-refractivity contribution is 8.28. The molecule has 0 aliphatic carbocycles. The maximum absolute atomic E-state index is 9.94. The van der Waals surface area contributed by atoms with Crippen LogP contribution in [0.25, 0.3) is 6.08 Å². The van der Waals surface area contributed by atoms with E-state index in [1.807, 2.05) is 6.07 Å². The minimum atomic E-state index is -2.90. The lowest BCUT2D eigenvalue weighted by atomic mass is 10.1. The summed E-state index contributed by atoms with van der Waals surface area (Å²) < 4.78 is 19.9. The van der Waals surface area contributed by atoms with Crippen LogP contribution in [0.4, 0.5) is 0 Å². The fourth-order valence-electron chi connectivity index (χ4n) is 1.61. The van der Waals surface area contributed by atoms with Gasteiger partial charge in [0.1, 0.15) is 6.07 Å². The monoisotopic (exact) mass is 222 g/mol. The molecule has 0 radical (unpaired) electrons. The molecule has 0 saturated heterocycles. The number of aromatic nitrogens is 1. The van der Waals surface area contributed by atoms with E-state index in [1.165, 1.54) is 6.20 Å². The number of rotatable bonds is 0. The third-order valence-electron chi connectivity index (χ3n) is 2.50. The normalized spacial score (nSPS) is 19.0. The Balaban J connectivity index is 2.76. The standard InChI is InChI=1S/C10H10N2O2S/c1-6-3-9-10(15(6,13)14)7(2)8(4-11)5-12-9/h3,5,13-14H,1-2H3. The van der Waals surface area contributed by atoms with E-state index >= 15 is 0 Å². The van der Waals surface area contributed by atoms with Crippen LogP contribution in [0.15, 0.2) is 16.0 Å². The fourth-order valence-corrected chi connectivity index (χ4v) is 3.15. The lowest BCUT2D eigenvalue weighted by Crippen LogP contribution is -2.01. The van der Waals surface area contributed by atoms with Crippen LogP contribution in [0.3, 0.4) is 0 Å². The van der Waals surface area contributed by atoms with Gasteiger partial charge in [-0.3, -0.25) is 14.1 Å². The summed E-state index contributed by atoms with van der Waals surface area (Å²) in [7, 11) is -2.90. The van der Waals surface area contributed by atoms with Gasteiger partial charge < -0.3 is 0 Å². The van der Waals surface area contributed by atoms with E-state index in [4.69, 9.17) is 5.26 Å². The molecule has 2 rings (SSSR count). The number of hydrogen-bond donors (Lipinski definition) is 2. The van der Waals surface area contributed by atoms with Crippen molar-refractivity contribution < 1.29 is 9.11 Å². The van der Waals surface area contributed by atoms with Crippen LogP contribution < -0.4 is 0 Å². The van der Waals surface area contributed by atoms with Crippen molar-refractivity contribution in [3.05, 3.63) is 27.9 Å². The molecular weight excluding hydrogens is 212 g/mol. The van der Waals surface area contributed by atoms with Crippen molar-refractivity contribution in [2.24, 2.45) is 0 Å². The zero-order valence-electron chi connectivity index (χ0n) is 8.35. The largest absolute Gasteiger partial charge is 0.291 e. The summed E-state index contributed by atoms with van der Waals surface area (Å²) >= 11 is 0. The summed E-state index contributed by atoms with van der Waals surface area (Å²) in [5.41, 5.74) is 1.55. The molecule has 1 aliphatic rings. The van der Waals surface area contributed by atoms with E-state index in [0.29, 0.717) is 26.6 Å². The van der Waals surface area contributed by atoms with E-state index in [1.54, 1.807) is 19.9 Å². The molecule has 0 saturated carbocycles. The molecule has 1 aliphatic heterocycles. The average Bonchev–Trinajstić information content (AvgIpc) is 2.39. The molecule has 0 atom stereocenters. The summed E-state index contributed by atoms with van der Waals surface area (Å²) in [6.07, 6.45) is 3.11. The van der Waals surface area contributed by atoms with Gasteiger partial charge in [-0.25, -0.2) is 0 Å². The lowest BCUT2D eigenvalue weighted by Gasteiger charge is -2.30. The molecule has 1 aromatic heterocycles. The molecule has 5 heteroatoms. The van der Waals surface area contributed by atoms with Crippen molar-refractivity contribution in [1.29, 1.82) is 5.26 Å². The number of fused-ring (bicyclic) bond motifs is 1. The quantitative estimate of drug-likeness (QED) is 0.707. The zero-order chi connectivity index (χ0) is 11.2. The molecule has 0 aromatic carbocycles. The Morgan fingerprint density at radius 1 is 1.40 bits per heavy atom. The number of allylic oxidation sites excluding steroid dienone is 1. The topological polar surface area (TPSA) is 77.1 Å². The van der Waals surface area contributed by atoms with Crippen molar-refractivity contribution in [2.45, 2.75) is 18.7 Å². The van der Waals surface area contributed by atoms with Gasteiger partial charge in [0.25, 0.3) is 0 Å². The van der Waals surface area contributed by atoms with Gasteiger partial charge in [0.15, 0.2) is 0 Å². The Morgan fingerprint density at radius 2 is 2.07 bits per heavy atom. The molecule has 15 heavy (non-hydrogen) atoms. The number of nitrogens with zero attached hydrogens (tertiary/aromatic N) is 2. The second-order valence-electron chi connectivity index (χ2n) is 3.43. The number of pyridine rings is 1. The Hall–Kier alpha value is -1.35. The summed E-state index contributed by atoms with van der Waals surface area (Å²) in [6.45, 7) is 3.36. The first kappa shape index (κ1) is 10.2. The van der Waals surface area contributed by atoms with Gasteiger partial charge in [0, 0.05) is 11.1 Å². The summed E-state index contributed by atoms with van der Waals surface area (Å²) in [4.78, 5) is 4.94. The smallest absolute Gasteiger partial charge is 0.101 e. The van der Waals surface area contributed by atoms with Crippen molar-refractivity contribution in [3.8, 4) is 6.07 Å². The third-order valence-corrected chi connectivity index (χ3v) is 4.60. The molecule has 0 fully saturated rings. The minimum Gasteiger partial charge on any atom is -0.291 e. The van der Waals surface area contributed by atoms with Crippen LogP contribution in [0.2, 0.25) is 0 Å². The molecule has 0 unspecified atom stereocenters. The van der Waals surface area contributed by atoms with Crippen molar-refractivity contribution >= 4 is 16.7 Å². The number of nitriles is 1. The SMILES string of the molecule is CC1=Cc2ncc(C#N)c(C)c2S1(O)O. The lowest BCUT2D eigenvalue weighted by molar-refractivity contribution is 0.496. The van der Waals surface area contributed by atoms with E-state index in [9.17, 15) is 9.11 Å².